The van der Waals surface area contributed by atoms with Gasteiger partial charge in [-0.3, -0.25) is 9.20 Å². The van der Waals surface area contributed by atoms with Gasteiger partial charge in [-0.1, -0.05) is 6.07 Å². The Hall–Kier alpha value is -3.87. The van der Waals surface area contributed by atoms with Gasteiger partial charge in [-0.15, -0.1) is 0 Å². The largest absolute Gasteiger partial charge is 0.393 e. The van der Waals surface area contributed by atoms with Gasteiger partial charge in [-0.05, 0) is 68.5 Å². The number of carbonyl (C=O) groups excluding carboxylic acids is 1. The summed E-state index contributed by atoms with van der Waals surface area (Å²) in [5.74, 6) is -0.910. The lowest BCUT2D eigenvalue weighted by Gasteiger charge is -2.26. The number of aliphatic hydroxyl groups excluding tert-OH is 1. The molecule has 0 aliphatic heterocycles. The van der Waals surface area contributed by atoms with Gasteiger partial charge in [0.05, 0.1) is 28.6 Å². The monoisotopic (exact) mass is 552 g/mol. The van der Waals surface area contributed by atoms with Crippen molar-refractivity contribution in [3.63, 3.8) is 0 Å². The highest BCUT2D eigenvalue weighted by atomic mass is 32.2. The average Bonchev–Trinajstić information content (AvgIpc) is 3.34. The molecule has 2 aromatic carbocycles. The van der Waals surface area contributed by atoms with Gasteiger partial charge in [0.15, 0.2) is 11.5 Å². The predicted molar refractivity (Wildman–Crippen MR) is 145 cm³/mol. The minimum absolute atomic E-state index is 0.0473. The molecule has 1 aliphatic rings. The number of nitrogen functional groups attached to an aromatic ring is 1. The van der Waals surface area contributed by atoms with E-state index in [2.05, 4.69) is 20.0 Å². The summed E-state index contributed by atoms with van der Waals surface area (Å²) >= 11 is 0. The molecule has 1 fully saturated rings. The Morgan fingerprint density at radius 2 is 1.87 bits per heavy atom. The molecule has 1 saturated carbocycles. The molecule has 2 aromatic heterocycles. The van der Waals surface area contributed by atoms with Gasteiger partial charge in [0, 0.05) is 36.0 Å². The van der Waals surface area contributed by atoms with E-state index in [1.807, 2.05) is 6.92 Å². The minimum atomic E-state index is -3.83. The molecule has 0 spiro atoms. The maximum atomic E-state index is 14.8. The lowest BCUT2D eigenvalue weighted by atomic mass is 9.94. The molecule has 0 bridgehead atoms. The van der Waals surface area contributed by atoms with E-state index in [-0.39, 0.29) is 39.5 Å². The number of aryl methyl sites for hydroxylation is 1. The molecule has 1 amide bonds. The van der Waals surface area contributed by atoms with Crippen LogP contribution in [0, 0.1) is 12.7 Å². The second kappa shape index (κ2) is 10.4. The molecule has 39 heavy (non-hydrogen) atoms. The first-order chi connectivity index (χ1) is 18.6. The Bertz CT molecular complexity index is 1680. The van der Waals surface area contributed by atoms with E-state index in [0.29, 0.717) is 42.6 Å². The van der Waals surface area contributed by atoms with E-state index in [1.165, 1.54) is 25.2 Å². The van der Waals surface area contributed by atoms with Crippen LogP contribution in [-0.2, 0) is 10.0 Å². The third kappa shape index (κ3) is 5.22. The number of nitrogens with zero attached hydrogens (tertiary/aromatic N) is 3. The summed E-state index contributed by atoms with van der Waals surface area (Å²) in [5, 5.41) is 12.3. The Morgan fingerprint density at radius 3 is 2.59 bits per heavy atom. The van der Waals surface area contributed by atoms with Crippen molar-refractivity contribution in [3.8, 4) is 22.5 Å². The zero-order chi connectivity index (χ0) is 27.9. The number of halogens is 1. The van der Waals surface area contributed by atoms with Crippen LogP contribution in [0.1, 0.15) is 41.6 Å². The Labute approximate surface area is 225 Å². The van der Waals surface area contributed by atoms with Crippen molar-refractivity contribution in [3.05, 3.63) is 65.7 Å². The van der Waals surface area contributed by atoms with Crippen molar-refractivity contribution in [1.29, 1.82) is 0 Å². The molecular weight excluding hydrogens is 523 g/mol. The van der Waals surface area contributed by atoms with Crippen molar-refractivity contribution in [2.24, 2.45) is 0 Å². The van der Waals surface area contributed by atoms with Crippen LogP contribution in [0.15, 0.2) is 53.7 Å². The number of nitrogens with one attached hydrogen (secondary N) is 2. The van der Waals surface area contributed by atoms with Crippen LogP contribution in [-0.4, -0.2) is 53.0 Å². The average molecular weight is 553 g/mol. The van der Waals surface area contributed by atoms with Crippen molar-refractivity contribution in [2.75, 3.05) is 12.8 Å². The Kier molecular flexibility index (Phi) is 7.10. The Balaban J connectivity index is 1.57. The summed E-state index contributed by atoms with van der Waals surface area (Å²) in [7, 11) is -2.34. The normalized spacial score (nSPS) is 17.8. The summed E-state index contributed by atoms with van der Waals surface area (Å²) < 4.78 is 45.7. The minimum Gasteiger partial charge on any atom is -0.393 e. The van der Waals surface area contributed by atoms with Crippen LogP contribution in [0.25, 0.3) is 28.2 Å². The van der Waals surface area contributed by atoms with E-state index in [9.17, 15) is 22.7 Å². The number of imidazole rings is 1. The molecule has 5 N–H and O–H groups in total. The highest BCUT2D eigenvalue weighted by molar-refractivity contribution is 7.89. The smallest absolute Gasteiger partial charge is 0.251 e. The van der Waals surface area contributed by atoms with Gasteiger partial charge in [-0.2, -0.15) is 0 Å². The van der Waals surface area contributed by atoms with Crippen LogP contribution in [0.4, 0.5) is 10.2 Å². The summed E-state index contributed by atoms with van der Waals surface area (Å²) in [6.45, 7) is 1.85. The summed E-state index contributed by atoms with van der Waals surface area (Å²) in [4.78, 5) is 20.9. The van der Waals surface area contributed by atoms with Gasteiger partial charge >= 0.3 is 0 Å². The topological polar surface area (TPSA) is 152 Å². The molecule has 0 saturated heterocycles. The van der Waals surface area contributed by atoms with Crippen LogP contribution in [0.5, 0.6) is 0 Å². The van der Waals surface area contributed by atoms with Crippen LogP contribution < -0.4 is 15.8 Å². The molecule has 0 atom stereocenters. The molecule has 204 valence electrons. The van der Waals surface area contributed by atoms with Gasteiger partial charge < -0.3 is 16.2 Å². The lowest BCUT2D eigenvalue weighted by Crippen LogP contribution is -2.38. The fourth-order valence-corrected chi connectivity index (χ4v) is 6.20. The molecule has 0 unspecified atom stereocenters. The van der Waals surface area contributed by atoms with Gasteiger partial charge in [-0.25, -0.2) is 27.5 Å². The third-order valence-electron chi connectivity index (χ3n) is 7.06. The van der Waals surface area contributed by atoms with Crippen molar-refractivity contribution in [2.45, 2.75) is 49.6 Å². The highest BCUT2D eigenvalue weighted by Gasteiger charge is 2.26. The van der Waals surface area contributed by atoms with Crippen molar-refractivity contribution in [1.82, 2.24) is 24.4 Å². The molecule has 2 heterocycles. The number of nitrogens with two attached hydrogens (primary N) is 1. The molecule has 5 rings (SSSR count). The number of hydrogen-bond acceptors (Lipinski definition) is 7. The fraction of sp³-hybridized carbons (Fsp3) is 0.296. The maximum absolute atomic E-state index is 14.8. The number of aromatic nitrogens is 3. The molecule has 10 nitrogen and oxygen atoms in total. The van der Waals surface area contributed by atoms with Crippen LogP contribution >= 0.6 is 0 Å². The first-order valence-corrected chi connectivity index (χ1v) is 14.0. The second-order valence-corrected chi connectivity index (χ2v) is 11.4. The zero-order valence-electron chi connectivity index (χ0n) is 21.5. The van der Waals surface area contributed by atoms with Crippen LogP contribution in [0.2, 0.25) is 0 Å². The molecule has 12 heteroatoms. The van der Waals surface area contributed by atoms with Gasteiger partial charge in [0.2, 0.25) is 10.0 Å². The Morgan fingerprint density at radius 1 is 1.13 bits per heavy atom. The molecular formula is C27H29FN6O4S. The van der Waals surface area contributed by atoms with Crippen LogP contribution in [0.3, 0.4) is 0 Å². The quantitative estimate of drug-likeness (QED) is 0.287. The molecule has 4 aromatic rings. The molecule has 1 aliphatic carbocycles. The number of carbonyl (C=O) groups is 1. The zero-order valence-corrected chi connectivity index (χ0v) is 22.3. The van der Waals surface area contributed by atoms with Crippen molar-refractivity contribution < 1.29 is 22.7 Å². The van der Waals surface area contributed by atoms with E-state index in [1.54, 1.807) is 35.0 Å². The number of fused-ring (bicyclic) bond motifs is 1. The SMILES string of the molecule is CNC(=O)c1ccc(F)c(-c2cn3c(-c4cc(S(=O)(=O)N[C@H]5CC[C@H](O)CC5)ccc4C)cnc3c(N)n2)c1. The number of amides is 1. The maximum Gasteiger partial charge on any atom is 0.251 e. The predicted octanol–water partition coefficient (Wildman–Crippen LogP) is 3.03. The number of benzene rings is 2. The third-order valence-corrected chi connectivity index (χ3v) is 8.58. The standard InChI is InChI=1S/C27H29FN6O4S/c1-15-3-9-19(39(37,38)33-17-5-7-18(35)8-6-17)12-20(15)24-13-31-26-25(29)32-23(14-34(24)26)21-11-16(27(36)30-2)4-10-22(21)28/h3-4,9-14,17-18,33,35H,5-8H2,1-2H3,(H2,29,32)(H,30,36)/t17-,18-. The molecule has 0 radical (unpaired) electrons. The highest BCUT2D eigenvalue weighted by Crippen LogP contribution is 2.31. The first kappa shape index (κ1) is 26.7. The summed E-state index contributed by atoms with van der Waals surface area (Å²) in [5.41, 5.74) is 8.97. The van der Waals surface area contributed by atoms with Gasteiger partial charge in [0.25, 0.3) is 5.91 Å². The summed E-state index contributed by atoms with van der Waals surface area (Å²) in [6.07, 6.45) is 4.98. The fourth-order valence-electron chi connectivity index (χ4n) is 4.87. The van der Waals surface area contributed by atoms with E-state index in [0.717, 1.165) is 5.56 Å². The number of hydrogen-bond donors (Lipinski definition) is 4. The number of sulfonamides is 1. The van der Waals surface area contributed by atoms with E-state index in [4.69, 9.17) is 5.73 Å². The van der Waals surface area contributed by atoms with E-state index < -0.39 is 21.9 Å². The summed E-state index contributed by atoms with van der Waals surface area (Å²) in [6, 6.07) is 8.55. The number of aliphatic hydroxyl groups is 1. The number of anilines is 1. The second-order valence-electron chi connectivity index (χ2n) is 9.73. The van der Waals surface area contributed by atoms with E-state index >= 15 is 0 Å². The lowest BCUT2D eigenvalue weighted by molar-refractivity contribution is 0.0963. The first-order valence-electron chi connectivity index (χ1n) is 12.5. The van der Waals surface area contributed by atoms with Gasteiger partial charge in [0.1, 0.15) is 5.82 Å². The van der Waals surface area contributed by atoms with Crippen molar-refractivity contribution >= 4 is 27.4 Å². The number of rotatable bonds is 6.